The minimum atomic E-state index is 0.478. The smallest absolute Gasteiger partial charge is 0.122 e. The number of nitrogens with zero attached hydrogens (tertiary/aromatic N) is 1. The van der Waals surface area contributed by atoms with Crippen LogP contribution in [0.2, 0.25) is 0 Å². The van der Waals surface area contributed by atoms with Gasteiger partial charge in [0, 0.05) is 11.5 Å². The van der Waals surface area contributed by atoms with Crippen molar-refractivity contribution in [3.63, 3.8) is 0 Å². The predicted octanol–water partition coefficient (Wildman–Crippen LogP) is 3.99. The Morgan fingerprint density at radius 2 is 2.00 bits per heavy atom. The molecule has 0 N–H and O–H groups in total. The van der Waals surface area contributed by atoms with E-state index in [0.29, 0.717) is 5.54 Å². The average Bonchev–Trinajstić information content (AvgIpc) is 3.22. The maximum Gasteiger partial charge on any atom is 0.122 e. The zero-order valence-corrected chi connectivity index (χ0v) is 13.1. The lowest BCUT2D eigenvalue weighted by molar-refractivity contribution is 0.157. The van der Waals surface area contributed by atoms with E-state index in [-0.39, 0.29) is 0 Å². The first-order valence-electron chi connectivity index (χ1n) is 8.17. The third-order valence-electron chi connectivity index (χ3n) is 5.24. The Labute approximate surface area is 123 Å². The van der Waals surface area contributed by atoms with E-state index in [4.69, 9.17) is 4.74 Å². The molecule has 0 unspecified atom stereocenters. The maximum absolute atomic E-state index is 5.55. The first kappa shape index (κ1) is 13.9. The maximum atomic E-state index is 5.55. The van der Waals surface area contributed by atoms with Crippen LogP contribution in [-0.4, -0.2) is 30.6 Å². The molecule has 0 saturated heterocycles. The predicted molar refractivity (Wildman–Crippen MR) is 83.6 cm³/mol. The molecule has 110 valence electrons. The van der Waals surface area contributed by atoms with Gasteiger partial charge in [0.15, 0.2) is 0 Å². The second-order valence-electron chi connectivity index (χ2n) is 6.38. The fourth-order valence-corrected chi connectivity index (χ4v) is 4.28. The summed E-state index contributed by atoms with van der Waals surface area (Å²) in [5.41, 5.74) is 3.51. The number of ether oxygens (including phenoxy) is 1. The second kappa shape index (κ2) is 5.40. The minimum Gasteiger partial charge on any atom is -0.496 e. The van der Waals surface area contributed by atoms with Crippen LogP contribution in [0.15, 0.2) is 18.2 Å². The van der Waals surface area contributed by atoms with E-state index in [1.54, 1.807) is 12.7 Å². The molecule has 1 aromatic carbocycles. The first-order chi connectivity index (χ1) is 9.76. The summed E-state index contributed by atoms with van der Waals surface area (Å²) in [6.45, 7) is 7.11. The Hall–Kier alpha value is -1.02. The van der Waals surface area contributed by atoms with E-state index < -0.39 is 0 Å². The van der Waals surface area contributed by atoms with Gasteiger partial charge in [-0.1, -0.05) is 26.0 Å². The van der Waals surface area contributed by atoms with Crippen LogP contribution in [0.5, 0.6) is 5.75 Å². The molecule has 0 amide bonds. The van der Waals surface area contributed by atoms with Crippen molar-refractivity contribution in [2.24, 2.45) is 0 Å². The molecule has 0 heterocycles. The largest absolute Gasteiger partial charge is 0.496 e. The van der Waals surface area contributed by atoms with Gasteiger partial charge in [-0.2, -0.15) is 0 Å². The molecule has 2 aliphatic carbocycles. The number of benzene rings is 1. The third kappa shape index (κ3) is 2.05. The molecule has 2 nitrogen and oxygen atoms in total. The number of rotatable bonds is 6. The minimum absolute atomic E-state index is 0.478. The molecule has 2 atom stereocenters. The molecule has 2 heteroatoms. The van der Waals surface area contributed by atoms with Crippen molar-refractivity contribution in [2.75, 3.05) is 20.2 Å². The van der Waals surface area contributed by atoms with Crippen molar-refractivity contribution < 1.29 is 4.74 Å². The quantitative estimate of drug-likeness (QED) is 0.777. The van der Waals surface area contributed by atoms with Gasteiger partial charge in [-0.25, -0.2) is 0 Å². The molecule has 1 aromatic rings. The summed E-state index contributed by atoms with van der Waals surface area (Å²) in [4.78, 5) is 2.78. The van der Waals surface area contributed by atoms with Crippen molar-refractivity contribution in [1.29, 1.82) is 0 Å². The van der Waals surface area contributed by atoms with Crippen LogP contribution in [0.1, 0.15) is 56.6 Å². The zero-order valence-electron chi connectivity index (χ0n) is 13.1. The Kier molecular flexibility index (Phi) is 3.76. The van der Waals surface area contributed by atoms with Crippen molar-refractivity contribution in [1.82, 2.24) is 4.90 Å². The van der Waals surface area contributed by atoms with Crippen LogP contribution < -0.4 is 4.74 Å². The van der Waals surface area contributed by atoms with E-state index in [1.165, 1.54) is 50.8 Å². The Balaban J connectivity index is 1.87. The van der Waals surface area contributed by atoms with Gasteiger partial charge in [0.05, 0.1) is 7.11 Å². The zero-order chi connectivity index (χ0) is 14.2. The molecule has 0 radical (unpaired) electrons. The van der Waals surface area contributed by atoms with Gasteiger partial charge >= 0.3 is 0 Å². The van der Waals surface area contributed by atoms with Gasteiger partial charge in [0.1, 0.15) is 5.75 Å². The lowest BCUT2D eigenvalue weighted by Gasteiger charge is -2.36. The van der Waals surface area contributed by atoms with Crippen LogP contribution >= 0.6 is 0 Å². The number of hydrogen-bond acceptors (Lipinski definition) is 2. The van der Waals surface area contributed by atoms with Gasteiger partial charge < -0.3 is 4.74 Å². The SMILES string of the molecule is CCCN(CCC)[C@]12CCc3c(OC)cccc3[C@@H]1C2. The average molecular weight is 273 g/mol. The summed E-state index contributed by atoms with van der Waals surface area (Å²) in [5.74, 6) is 1.85. The summed E-state index contributed by atoms with van der Waals surface area (Å²) in [5, 5.41) is 0. The molecule has 0 aromatic heterocycles. The second-order valence-corrected chi connectivity index (χ2v) is 6.38. The van der Waals surface area contributed by atoms with Crippen LogP contribution in [0.3, 0.4) is 0 Å². The molecule has 0 spiro atoms. The number of methoxy groups -OCH3 is 1. The van der Waals surface area contributed by atoms with E-state index in [9.17, 15) is 0 Å². The topological polar surface area (TPSA) is 12.5 Å². The van der Waals surface area contributed by atoms with Crippen molar-refractivity contribution in [3.05, 3.63) is 29.3 Å². The molecule has 1 fully saturated rings. The van der Waals surface area contributed by atoms with Crippen LogP contribution in [0.25, 0.3) is 0 Å². The van der Waals surface area contributed by atoms with Crippen LogP contribution in [0.4, 0.5) is 0 Å². The lowest BCUT2D eigenvalue weighted by Crippen LogP contribution is -2.41. The van der Waals surface area contributed by atoms with Crippen LogP contribution in [-0.2, 0) is 6.42 Å². The molecule has 20 heavy (non-hydrogen) atoms. The number of hydrogen-bond donors (Lipinski definition) is 0. The van der Waals surface area contributed by atoms with Gasteiger partial charge in [-0.3, -0.25) is 4.90 Å². The summed E-state index contributed by atoms with van der Waals surface area (Å²) in [7, 11) is 1.80. The fourth-order valence-electron chi connectivity index (χ4n) is 4.28. The molecule has 0 aliphatic heterocycles. The Bertz CT molecular complexity index is 478. The van der Waals surface area contributed by atoms with E-state index in [0.717, 1.165) is 11.7 Å². The van der Waals surface area contributed by atoms with Crippen LogP contribution in [0, 0.1) is 0 Å². The van der Waals surface area contributed by atoms with Gasteiger partial charge in [-0.15, -0.1) is 0 Å². The van der Waals surface area contributed by atoms with E-state index in [1.807, 2.05) is 0 Å². The van der Waals surface area contributed by atoms with E-state index >= 15 is 0 Å². The number of fused-ring (bicyclic) bond motifs is 3. The highest BCUT2D eigenvalue weighted by Crippen LogP contribution is 2.62. The van der Waals surface area contributed by atoms with Gasteiger partial charge in [0.2, 0.25) is 0 Å². The lowest BCUT2D eigenvalue weighted by atomic mass is 9.86. The van der Waals surface area contributed by atoms with Crippen molar-refractivity contribution in [3.8, 4) is 5.75 Å². The van der Waals surface area contributed by atoms with Crippen molar-refractivity contribution >= 4 is 0 Å². The third-order valence-corrected chi connectivity index (χ3v) is 5.24. The summed E-state index contributed by atoms with van der Waals surface area (Å²) >= 11 is 0. The Morgan fingerprint density at radius 1 is 1.25 bits per heavy atom. The summed E-state index contributed by atoms with van der Waals surface area (Å²) in [6.07, 6.45) is 6.37. The van der Waals surface area contributed by atoms with Gasteiger partial charge in [-0.05, 0) is 62.4 Å². The standard InChI is InChI=1S/C18H27NO/c1-4-11-19(12-5-2)18-10-9-15-14(16(18)13-18)7-6-8-17(15)20-3/h6-8,16H,4-5,9-13H2,1-3H3/t16-,18-/m0/s1. The fraction of sp³-hybridized carbons (Fsp3) is 0.667. The molecular weight excluding hydrogens is 246 g/mol. The summed E-state index contributed by atoms with van der Waals surface area (Å²) in [6, 6.07) is 6.61. The highest BCUT2D eigenvalue weighted by Gasteiger charge is 2.60. The molecular formula is C18H27NO. The monoisotopic (exact) mass is 273 g/mol. The normalized spacial score (nSPS) is 27.1. The summed E-state index contributed by atoms with van der Waals surface area (Å²) < 4.78 is 5.55. The molecule has 2 aliphatic rings. The Morgan fingerprint density at radius 3 is 2.65 bits per heavy atom. The van der Waals surface area contributed by atoms with Crippen molar-refractivity contribution in [2.45, 2.75) is 57.4 Å². The molecule has 3 rings (SSSR count). The van der Waals surface area contributed by atoms with E-state index in [2.05, 4.69) is 36.9 Å². The first-order valence-corrected chi connectivity index (χ1v) is 8.17. The van der Waals surface area contributed by atoms with Gasteiger partial charge in [0.25, 0.3) is 0 Å². The highest BCUT2D eigenvalue weighted by atomic mass is 16.5. The molecule has 0 bridgehead atoms. The molecule has 1 saturated carbocycles. The highest BCUT2D eigenvalue weighted by molar-refractivity contribution is 5.50.